The third-order valence-corrected chi connectivity index (χ3v) is 3.96. The smallest absolute Gasteiger partial charge is 0.387 e. The predicted octanol–water partition coefficient (Wildman–Crippen LogP) is 4.68. The molecule has 1 N–H and O–H groups in total. The molecule has 0 atom stereocenters. The van der Waals surface area contributed by atoms with Crippen LogP contribution in [0.2, 0.25) is 0 Å². The third kappa shape index (κ3) is 5.84. The number of hydrogen-bond donors (Lipinski definition) is 1. The van der Waals surface area contributed by atoms with Gasteiger partial charge < -0.3 is 14.8 Å². The molecule has 0 saturated heterocycles. The van der Waals surface area contributed by atoms with Crippen molar-refractivity contribution in [2.45, 2.75) is 6.61 Å². The van der Waals surface area contributed by atoms with E-state index in [-0.39, 0.29) is 18.1 Å². The summed E-state index contributed by atoms with van der Waals surface area (Å²) in [6, 6.07) is 16.8. The van der Waals surface area contributed by atoms with E-state index in [1.165, 1.54) is 48.5 Å². The molecule has 30 heavy (non-hydrogen) atoms. The van der Waals surface area contributed by atoms with Gasteiger partial charge in [0.1, 0.15) is 17.3 Å². The van der Waals surface area contributed by atoms with Crippen LogP contribution in [0.3, 0.4) is 0 Å². The minimum Gasteiger partial charge on any atom is -0.484 e. The number of benzene rings is 3. The molecule has 3 rings (SSSR count). The van der Waals surface area contributed by atoms with Gasteiger partial charge in [-0.05, 0) is 72.8 Å². The van der Waals surface area contributed by atoms with Gasteiger partial charge in [-0.1, -0.05) is 0 Å². The van der Waals surface area contributed by atoms with Gasteiger partial charge in [0.25, 0.3) is 5.91 Å². The first-order valence-electron chi connectivity index (χ1n) is 8.78. The van der Waals surface area contributed by atoms with Crippen LogP contribution < -0.4 is 14.8 Å². The van der Waals surface area contributed by atoms with Crippen LogP contribution in [0.1, 0.15) is 15.9 Å². The summed E-state index contributed by atoms with van der Waals surface area (Å²) in [7, 11) is 0. The monoisotopic (exact) mass is 415 g/mol. The van der Waals surface area contributed by atoms with Gasteiger partial charge in [-0.3, -0.25) is 9.59 Å². The lowest BCUT2D eigenvalue weighted by Crippen LogP contribution is -2.20. The van der Waals surface area contributed by atoms with Crippen molar-refractivity contribution in [2.75, 3.05) is 11.9 Å². The molecule has 5 nitrogen and oxygen atoms in total. The molecule has 1 amide bonds. The number of halogens is 3. The molecule has 0 aromatic heterocycles. The van der Waals surface area contributed by atoms with E-state index in [1.807, 2.05) is 0 Å². The molecule has 154 valence electrons. The maximum atomic E-state index is 13.0. The van der Waals surface area contributed by atoms with Crippen LogP contribution in [0, 0.1) is 5.82 Å². The molecule has 0 bridgehead atoms. The molecular weight excluding hydrogens is 399 g/mol. The number of carbonyl (C=O) groups is 2. The Bertz CT molecular complexity index is 1000. The van der Waals surface area contributed by atoms with Crippen LogP contribution in [0.25, 0.3) is 0 Å². The quantitative estimate of drug-likeness (QED) is 0.543. The Balaban J connectivity index is 1.51. The first kappa shape index (κ1) is 20.9. The molecule has 0 spiro atoms. The number of ether oxygens (including phenoxy) is 2. The van der Waals surface area contributed by atoms with Crippen molar-refractivity contribution in [1.29, 1.82) is 0 Å². The van der Waals surface area contributed by atoms with Gasteiger partial charge in [0, 0.05) is 16.8 Å². The number of nitrogens with one attached hydrogen (secondary N) is 1. The highest BCUT2D eigenvalue weighted by atomic mass is 19.3. The normalized spacial score (nSPS) is 10.5. The highest BCUT2D eigenvalue weighted by Gasteiger charge is 2.10. The second kappa shape index (κ2) is 9.60. The topological polar surface area (TPSA) is 64.6 Å². The van der Waals surface area contributed by atoms with E-state index in [9.17, 15) is 22.8 Å². The molecule has 0 unspecified atom stereocenters. The number of amides is 1. The van der Waals surface area contributed by atoms with Crippen molar-refractivity contribution in [3.63, 3.8) is 0 Å². The minimum atomic E-state index is -2.92. The molecule has 3 aromatic carbocycles. The standard InChI is InChI=1S/C22H16F3NO4/c23-16-5-1-14(2-6-16)21(28)15-3-9-18(10-4-15)29-13-20(27)26-17-7-11-19(12-8-17)30-22(24)25/h1-12,22H,13H2,(H,26,27). The van der Waals surface area contributed by atoms with Gasteiger partial charge in [-0.15, -0.1) is 0 Å². The van der Waals surface area contributed by atoms with E-state index < -0.39 is 18.3 Å². The zero-order valence-electron chi connectivity index (χ0n) is 15.5. The molecule has 0 heterocycles. The largest absolute Gasteiger partial charge is 0.484 e. The van der Waals surface area contributed by atoms with Crippen molar-refractivity contribution in [3.05, 3.63) is 89.7 Å². The maximum Gasteiger partial charge on any atom is 0.387 e. The summed E-state index contributed by atoms with van der Waals surface area (Å²) < 4.78 is 46.8. The lowest BCUT2D eigenvalue weighted by atomic mass is 10.0. The number of alkyl halides is 2. The van der Waals surface area contributed by atoms with Gasteiger partial charge in [0.05, 0.1) is 0 Å². The van der Waals surface area contributed by atoms with E-state index >= 15 is 0 Å². The number of hydrogen-bond acceptors (Lipinski definition) is 4. The van der Waals surface area contributed by atoms with Crippen LogP contribution in [-0.2, 0) is 4.79 Å². The van der Waals surface area contributed by atoms with Crippen molar-refractivity contribution in [1.82, 2.24) is 0 Å². The summed E-state index contributed by atoms with van der Waals surface area (Å²) in [5, 5.41) is 2.56. The fraction of sp³-hybridized carbons (Fsp3) is 0.0909. The van der Waals surface area contributed by atoms with Crippen LogP contribution in [0.15, 0.2) is 72.8 Å². The van der Waals surface area contributed by atoms with Crippen molar-refractivity contribution in [2.24, 2.45) is 0 Å². The SMILES string of the molecule is O=C(COc1ccc(C(=O)c2ccc(F)cc2)cc1)Nc1ccc(OC(F)F)cc1. The highest BCUT2D eigenvalue weighted by molar-refractivity contribution is 6.09. The Labute approximate surface area is 170 Å². The van der Waals surface area contributed by atoms with E-state index in [0.29, 0.717) is 22.6 Å². The summed E-state index contributed by atoms with van der Waals surface area (Å²) in [5.41, 5.74) is 1.14. The second-order valence-electron chi connectivity index (χ2n) is 6.10. The molecule has 0 saturated carbocycles. The fourth-order valence-corrected chi connectivity index (χ4v) is 2.54. The van der Waals surface area contributed by atoms with Crippen LogP contribution >= 0.6 is 0 Å². The zero-order valence-corrected chi connectivity index (χ0v) is 15.5. The number of carbonyl (C=O) groups excluding carboxylic acids is 2. The Morgan fingerprint density at radius 1 is 0.800 bits per heavy atom. The van der Waals surface area contributed by atoms with Crippen LogP contribution in [0.4, 0.5) is 18.9 Å². The maximum absolute atomic E-state index is 13.0. The third-order valence-electron chi connectivity index (χ3n) is 3.96. The highest BCUT2D eigenvalue weighted by Crippen LogP contribution is 2.18. The minimum absolute atomic E-state index is 0.0190. The van der Waals surface area contributed by atoms with E-state index in [4.69, 9.17) is 4.74 Å². The van der Waals surface area contributed by atoms with E-state index in [2.05, 4.69) is 10.1 Å². The Hall–Kier alpha value is -3.81. The Kier molecular flexibility index (Phi) is 6.69. The average Bonchev–Trinajstić information content (AvgIpc) is 2.74. The van der Waals surface area contributed by atoms with Crippen LogP contribution in [-0.4, -0.2) is 24.9 Å². The number of rotatable bonds is 8. The van der Waals surface area contributed by atoms with Crippen molar-refractivity contribution in [3.8, 4) is 11.5 Å². The van der Waals surface area contributed by atoms with E-state index in [1.54, 1.807) is 24.3 Å². The summed E-state index contributed by atoms with van der Waals surface area (Å²) in [6.07, 6.45) is 0. The molecule has 0 aliphatic heterocycles. The van der Waals surface area contributed by atoms with E-state index in [0.717, 1.165) is 0 Å². The summed E-state index contributed by atoms with van der Waals surface area (Å²) in [6.45, 7) is -3.21. The predicted molar refractivity (Wildman–Crippen MR) is 103 cm³/mol. The Morgan fingerprint density at radius 2 is 1.33 bits per heavy atom. The molecule has 8 heteroatoms. The average molecular weight is 415 g/mol. The lowest BCUT2D eigenvalue weighted by Gasteiger charge is -2.09. The molecule has 0 radical (unpaired) electrons. The second-order valence-corrected chi connectivity index (χ2v) is 6.10. The lowest BCUT2D eigenvalue weighted by molar-refractivity contribution is -0.118. The first-order chi connectivity index (χ1) is 14.4. The molecule has 0 aliphatic rings. The van der Waals surface area contributed by atoms with Crippen molar-refractivity contribution >= 4 is 17.4 Å². The molecule has 3 aromatic rings. The molecule has 0 fully saturated rings. The Morgan fingerprint density at radius 3 is 1.90 bits per heavy atom. The summed E-state index contributed by atoms with van der Waals surface area (Å²) in [4.78, 5) is 24.3. The summed E-state index contributed by atoms with van der Waals surface area (Å²) >= 11 is 0. The van der Waals surface area contributed by atoms with Crippen LogP contribution in [0.5, 0.6) is 11.5 Å². The zero-order chi connectivity index (χ0) is 21.5. The van der Waals surface area contributed by atoms with Gasteiger partial charge in [-0.2, -0.15) is 8.78 Å². The summed E-state index contributed by atoms with van der Waals surface area (Å²) in [5.74, 6) is -0.787. The van der Waals surface area contributed by atoms with Gasteiger partial charge >= 0.3 is 6.61 Å². The van der Waals surface area contributed by atoms with Gasteiger partial charge in [0.15, 0.2) is 12.4 Å². The molecular formula is C22H16F3NO4. The number of anilines is 1. The fourth-order valence-electron chi connectivity index (χ4n) is 2.54. The van der Waals surface area contributed by atoms with Gasteiger partial charge in [-0.25, -0.2) is 4.39 Å². The number of ketones is 1. The van der Waals surface area contributed by atoms with Gasteiger partial charge in [0.2, 0.25) is 0 Å². The first-order valence-corrected chi connectivity index (χ1v) is 8.78. The molecule has 0 aliphatic carbocycles. The van der Waals surface area contributed by atoms with Crippen molar-refractivity contribution < 1.29 is 32.2 Å².